The molecule has 1 saturated heterocycles. The second-order valence-corrected chi connectivity index (χ2v) is 6.00. The fourth-order valence-corrected chi connectivity index (χ4v) is 3.10. The van der Waals surface area contributed by atoms with Crippen LogP contribution < -0.4 is 9.80 Å². The van der Waals surface area contributed by atoms with Crippen molar-refractivity contribution in [2.75, 3.05) is 29.9 Å². The first-order valence-electron chi connectivity index (χ1n) is 6.61. The lowest BCUT2D eigenvalue weighted by Crippen LogP contribution is -2.24. The van der Waals surface area contributed by atoms with Gasteiger partial charge >= 0.3 is 0 Å². The summed E-state index contributed by atoms with van der Waals surface area (Å²) in [6.45, 7) is 2.76. The van der Waals surface area contributed by atoms with E-state index in [1.807, 2.05) is 11.9 Å². The van der Waals surface area contributed by atoms with Gasteiger partial charge in [-0.25, -0.2) is 0 Å². The van der Waals surface area contributed by atoms with E-state index in [1.54, 1.807) is 11.3 Å². The Bertz CT molecular complexity index is 568. The van der Waals surface area contributed by atoms with Gasteiger partial charge in [-0.2, -0.15) is 26.3 Å². The summed E-state index contributed by atoms with van der Waals surface area (Å²) in [7, 11) is 1.97. The van der Waals surface area contributed by atoms with Crippen molar-refractivity contribution in [3.05, 3.63) is 27.7 Å². The van der Waals surface area contributed by atoms with Gasteiger partial charge in [-0.15, -0.1) is 0 Å². The van der Waals surface area contributed by atoms with Crippen LogP contribution in [-0.2, 0) is 6.54 Å². The number of nitrogens with zero attached hydrogens (tertiary/aromatic N) is 5. The van der Waals surface area contributed by atoms with E-state index in [9.17, 15) is 0 Å². The van der Waals surface area contributed by atoms with E-state index in [0.717, 1.165) is 19.6 Å². The first-order valence-corrected chi connectivity index (χ1v) is 7.93. The summed E-state index contributed by atoms with van der Waals surface area (Å²) >= 11 is 7.73. The van der Waals surface area contributed by atoms with Gasteiger partial charge in [0.05, 0.1) is 0 Å². The first kappa shape index (κ1) is 13.6. The molecule has 0 unspecified atom stereocenters. The highest BCUT2D eigenvalue weighted by atomic mass is 35.5. The molecule has 0 N–H and O–H groups in total. The predicted octanol–water partition coefficient (Wildman–Crippen LogP) is 2.82. The molecule has 0 amide bonds. The molecule has 1 fully saturated rings. The van der Waals surface area contributed by atoms with Crippen molar-refractivity contribution >= 4 is 34.8 Å². The van der Waals surface area contributed by atoms with E-state index in [0.29, 0.717) is 11.9 Å². The second-order valence-electron chi connectivity index (χ2n) is 4.89. The van der Waals surface area contributed by atoms with E-state index in [4.69, 9.17) is 11.6 Å². The molecule has 0 aromatic carbocycles. The largest absolute Gasteiger partial charge is 0.341 e. The summed E-state index contributed by atoms with van der Waals surface area (Å²) in [6, 6.07) is 2.10. The molecule has 7 heteroatoms. The van der Waals surface area contributed by atoms with Crippen LogP contribution in [0.3, 0.4) is 0 Å². The van der Waals surface area contributed by atoms with Crippen LogP contribution in [0.5, 0.6) is 0 Å². The smallest absolute Gasteiger partial charge is 0.231 e. The fraction of sp³-hybridized carbons (Fsp3) is 0.462. The van der Waals surface area contributed by atoms with Crippen LogP contribution in [0, 0.1) is 0 Å². The van der Waals surface area contributed by atoms with Crippen molar-refractivity contribution in [2.45, 2.75) is 19.4 Å². The SMILES string of the molecule is CN(Cc1ccsc1)c1nc(Cl)nc(N2CCCC2)n1. The molecule has 0 aliphatic carbocycles. The molecule has 0 radical (unpaired) electrons. The maximum Gasteiger partial charge on any atom is 0.231 e. The third kappa shape index (κ3) is 3.02. The zero-order chi connectivity index (χ0) is 13.9. The van der Waals surface area contributed by atoms with Gasteiger partial charge in [-0.1, -0.05) is 0 Å². The Morgan fingerprint density at radius 1 is 1.30 bits per heavy atom. The van der Waals surface area contributed by atoms with Gasteiger partial charge in [0.1, 0.15) is 0 Å². The Balaban J connectivity index is 1.81. The molecular formula is C13H16ClN5S. The molecule has 2 aromatic heterocycles. The highest BCUT2D eigenvalue weighted by Gasteiger charge is 2.18. The quantitative estimate of drug-likeness (QED) is 0.869. The van der Waals surface area contributed by atoms with Gasteiger partial charge in [-0.3, -0.25) is 0 Å². The Hall–Kier alpha value is -1.40. The zero-order valence-electron chi connectivity index (χ0n) is 11.3. The van der Waals surface area contributed by atoms with E-state index >= 15 is 0 Å². The molecular weight excluding hydrogens is 294 g/mol. The van der Waals surface area contributed by atoms with Crippen LogP contribution in [0.25, 0.3) is 0 Å². The van der Waals surface area contributed by atoms with Crippen LogP contribution in [-0.4, -0.2) is 35.1 Å². The van der Waals surface area contributed by atoms with Crippen LogP contribution >= 0.6 is 22.9 Å². The van der Waals surface area contributed by atoms with E-state index in [1.165, 1.54) is 18.4 Å². The van der Waals surface area contributed by atoms with Gasteiger partial charge in [0.15, 0.2) is 0 Å². The van der Waals surface area contributed by atoms with Crippen molar-refractivity contribution < 1.29 is 0 Å². The second kappa shape index (κ2) is 5.93. The highest BCUT2D eigenvalue weighted by molar-refractivity contribution is 7.07. The number of hydrogen-bond acceptors (Lipinski definition) is 6. The molecule has 1 aliphatic heterocycles. The number of anilines is 2. The van der Waals surface area contributed by atoms with Crippen LogP contribution in [0.4, 0.5) is 11.9 Å². The van der Waals surface area contributed by atoms with Crippen LogP contribution in [0.1, 0.15) is 18.4 Å². The molecule has 106 valence electrons. The Morgan fingerprint density at radius 3 is 2.80 bits per heavy atom. The summed E-state index contributed by atoms with van der Waals surface area (Å²) in [5.41, 5.74) is 1.25. The van der Waals surface area contributed by atoms with Crippen LogP contribution in [0.2, 0.25) is 5.28 Å². The molecule has 5 nitrogen and oxygen atoms in total. The topological polar surface area (TPSA) is 45.2 Å². The fourth-order valence-electron chi connectivity index (χ4n) is 2.29. The van der Waals surface area contributed by atoms with E-state index in [-0.39, 0.29) is 5.28 Å². The van der Waals surface area contributed by atoms with Crippen LogP contribution in [0.15, 0.2) is 16.8 Å². The van der Waals surface area contributed by atoms with E-state index < -0.39 is 0 Å². The maximum atomic E-state index is 6.04. The lowest BCUT2D eigenvalue weighted by Gasteiger charge is -2.20. The summed E-state index contributed by atoms with van der Waals surface area (Å²) < 4.78 is 0. The minimum absolute atomic E-state index is 0.258. The lowest BCUT2D eigenvalue weighted by atomic mass is 10.3. The molecule has 2 aromatic rings. The minimum atomic E-state index is 0.258. The molecule has 0 bridgehead atoms. The van der Waals surface area contributed by atoms with Crippen molar-refractivity contribution in [1.82, 2.24) is 15.0 Å². The number of hydrogen-bond donors (Lipinski definition) is 0. The summed E-state index contributed by atoms with van der Waals surface area (Å²) in [5, 5.41) is 4.45. The number of rotatable bonds is 4. The molecule has 3 rings (SSSR count). The third-order valence-electron chi connectivity index (χ3n) is 3.31. The van der Waals surface area contributed by atoms with Gasteiger partial charge in [0, 0.05) is 26.7 Å². The molecule has 0 atom stereocenters. The maximum absolute atomic E-state index is 6.04. The van der Waals surface area contributed by atoms with Crippen molar-refractivity contribution in [2.24, 2.45) is 0 Å². The van der Waals surface area contributed by atoms with Gasteiger partial charge in [0.25, 0.3) is 0 Å². The number of aromatic nitrogens is 3. The lowest BCUT2D eigenvalue weighted by molar-refractivity contribution is 0.825. The average molecular weight is 310 g/mol. The Labute approximate surface area is 127 Å². The normalized spacial score (nSPS) is 14.8. The third-order valence-corrected chi connectivity index (χ3v) is 4.22. The van der Waals surface area contributed by atoms with Crippen molar-refractivity contribution in [3.63, 3.8) is 0 Å². The molecule has 0 saturated carbocycles. The molecule has 20 heavy (non-hydrogen) atoms. The van der Waals surface area contributed by atoms with Crippen molar-refractivity contribution in [1.29, 1.82) is 0 Å². The highest BCUT2D eigenvalue weighted by Crippen LogP contribution is 2.21. The minimum Gasteiger partial charge on any atom is -0.341 e. The van der Waals surface area contributed by atoms with Gasteiger partial charge in [0.2, 0.25) is 17.2 Å². The monoisotopic (exact) mass is 309 g/mol. The number of thiophene rings is 1. The molecule has 1 aliphatic rings. The Morgan fingerprint density at radius 2 is 2.10 bits per heavy atom. The zero-order valence-corrected chi connectivity index (χ0v) is 12.9. The summed E-state index contributed by atoms with van der Waals surface area (Å²) in [4.78, 5) is 17.2. The first-order chi connectivity index (χ1) is 9.72. The van der Waals surface area contributed by atoms with Gasteiger partial charge < -0.3 is 9.80 Å². The summed E-state index contributed by atoms with van der Waals surface area (Å²) in [6.07, 6.45) is 2.37. The number of halogens is 1. The Kier molecular flexibility index (Phi) is 4.03. The van der Waals surface area contributed by atoms with E-state index in [2.05, 4.69) is 36.7 Å². The van der Waals surface area contributed by atoms with Crippen molar-refractivity contribution in [3.8, 4) is 0 Å². The molecule has 3 heterocycles. The summed E-state index contributed by atoms with van der Waals surface area (Å²) in [5.74, 6) is 1.31. The predicted molar refractivity (Wildman–Crippen MR) is 82.7 cm³/mol. The average Bonchev–Trinajstić information content (AvgIpc) is 3.11. The standard InChI is InChI=1S/C13H16ClN5S/c1-18(8-10-4-7-20-9-10)12-15-11(14)16-13(17-12)19-5-2-3-6-19/h4,7,9H,2-3,5-6,8H2,1H3. The van der Waals surface area contributed by atoms with Gasteiger partial charge in [-0.05, 0) is 46.8 Å². The molecule has 0 spiro atoms.